The molecule has 0 radical (unpaired) electrons. The summed E-state index contributed by atoms with van der Waals surface area (Å²) in [6, 6.07) is 6.91. The van der Waals surface area contributed by atoms with Gasteiger partial charge in [-0.15, -0.1) is 0 Å². The Morgan fingerprint density at radius 3 is 2.25 bits per heavy atom. The fraction of sp³-hybridized carbons (Fsp3) is 0.500. The molecule has 110 valence electrons. The van der Waals surface area contributed by atoms with Gasteiger partial charge in [0, 0.05) is 29.3 Å². The number of hydrogen-bond acceptors (Lipinski definition) is 3. The molecule has 1 N–H and O–H groups in total. The lowest BCUT2D eigenvalue weighted by molar-refractivity contribution is 0.0906. The van der Waals surface area contributed by atoms with Crippen LogP contribution in [0.1, 0.15) is 53.8 Å². The van der Waals surface area contributed by atoms with Crippen LogP contribution in [0, 0.1) is 5.92 Å². The van der Waals surface area contributed by atoms with Crippen LogP contribution < -0.4 is 5.32 Å². The van der Waals surface area contributed by atoms with Crippen molar-refractivity contribution in [1.29, 1.82) is 0 Å². The number of hydrogen-bond donors (Lipinski definition) is 2. The minimum Gasteiger partial charge on any atom is -0.351 e. The van der Waals surface area contributed by atoms with Gasteiger partial charge in [0.25, 0.3) is 5.91 Å². The number of benzene rings is 1. The first kappa shape index (κ1) is 16.8. The maximum Gasteiger partial charge on any atom is 0.251 e. The number of ketones is 1. The highest BCUT2D eigenvalue weighted by atomic mass is 32.1. The normalized spacial score (nSPS) is 11.9. The van der Waals surface area contributed by atoms with Gasteiger partial charge < -0.3 is 5.32 Å². The van der Waals surface area contributed by atoms with Crippen molar-refractivity contribution in [3.8, 4) is 0 Å². The van der Waals surface area contributed by atoms with E-state index in [0.717, 1.165) is 19.3 Å². The topological polar surface area (TPSA) is 46.2 Å². The molecule has 4 heteroatoms. The molecule has 0 aliphatic carbocycles. The zero-order chi connectivity index (χ0) is 15.0. The molecule has 20 heavy (non-hydrogen) atoms. The van der Waals surface area contributed by atoms with Gasteiger partial charge in [0.05, 0.1) is 0 Å². The van der Waals surface area contributed by atoms with Gasteiger partial charge in [-0.25, -0.2) is 0 Å². The molecule has 0 saturated heterocycles. The predicted octanol–water partition coefficient (Wildman–Crippen LogP) is 3.36. The standard InChI is InChI=1S/C16H23NO2S/c1-3-5-12(4-2)15(18)13-6-8-14(9-7-13)16(19)17-10-11-20/h6-9,12,20H,3-5,10-11H2,1-2H3,(H,17,19). The number of nitrogens with one attached hydrogen (secondary N) is 1. The molecule has 0 aromatic heterocycles. The SMILES string of the molecule is CCCC(CC)C(=O)c1ccc(C(=O)NCCS)cc1. The molecule has 0 spiro atoms. The number of carbonyl (C=O) groups is 2. The average molecular weight is 293 g/mol. The van der Waals surface area contributed by atoms with Crippen LogP contribution >= 0.6 is 12.6 Å². The zero-order valence-electron chi connectivity index (χ0n) is 12.2. The highest BCUT2D eigenvalue weighted by Gasteiger charge is 2.17. The Hall–Kier alpha value is -1.29. The highest BCUT2D eigenvalue weighted by molar-refractivity contribution is 7.80. The fourth-order valence-corrected chi connectivity index (χ4v) is 2.27. The third-order valence-electron chi connectivity index (χ3n) is 3.33. The Morgan fingerprint density at radius 2 is 1.75 bits per heavy atom. The van der Waals surface area contributed by atoms with Crippen molar-refractivity contribution in [3.63, 3.8) is 0 Å². The highest BCUT2D eigenvalue weighted by Crippen LogP contribution is 2.18. The second kappa shape index (κ2) is 8.80. The van der Waals surface area contributed by atoms with Crippen LogP contribution in [0.4, 0.5) is 0 Å². The van der Waals surface area contributed by atoms with E-state index in [-0.39, 0.29) is 17.6 Å². The van der Waals surface area contributed by atoms with Crippen LogP contribution in [0.3, 0.4) is 0 Å². The summed E-state index contributed by atoms with van der Waals surface area (Å²) in [5.41, 5.74) is 1.27. The summed E-state index contributed by atoms with van der Waals surface area (Å²) >= 11 is 4.04. The van der Waals surface area contributed by atoms with Crippen LogP contribution in [0.15, 0.2) is 24.3 Å². The van der Waals surface area contributed by atoms with Crippen molar-refractivity contribution in [1.82, 2.24) is 5.32 Å². The van der Waals surface area contributed by atoms with Crippen LogP contribution in [0.2, 0.25) is 0 Å². The molecule has 1 amide bonds. The summed E-state index contributed by atoms with van der Waals surface area (Å²) < 4.78 is 0. The number of amides is 1. The van der Waals surface area contributed by atoms with Gasteiger partial charge in [0.1, 0.15) is 0 Å². The van der Waals surface area contributed by atoms with Crippen molar-refractivity contribution < 1.29 is 9.59 Å². The van der Waals surface area contributed by atoms with Gasteiger partial charge in [0.15, 0.2) is 5.78 Å². The van der Waals surface area contributed by atoms with E-state index in [9.17, 15) is 9.59 Å². The summed E-state index contributed by atoms with van der Waals surface area (Å²) in [7, 11) is 0. The Labute approximate surface area is 126 Å². The Kier molecular flexibility index (Phi) is 7.37. The number of carbonyl (C=O) groups excluding carboxylic acids is 2. The first-order valence-electron chi connectivity index (χ1n) is 7.17. The zero-order valence-corrected chi connectivity index (χ0v) is 13.1. The third-order valence-corrected chi connectivity index (χ3v) is 3.55. The van der Waals surface area contributed by atoms with Crippen LogP contribution in [0.25, 0.3) is 0 Å². The lowest BCUT2D eigenvalue weighted by Crippen LogP contribution is -2.25. The van der Waals surface area contributed by atoms with E-state index >= 15 is 0 Å². The summed E-state index contributed by atoms with van der Waals surface area (Å²) in [5.74, 6) is 0.747. The van der Waals surface area contributed by atoms with E-state index in [1.165, 1.54) is 0 Å². The van der Waals surface area contributed by atoms with Crippen LogP contribution in [-0.4, -0.2) is 24.0 Å². The van der Waals surface area contributed by atoms with E-state index in [4.69, 9.17) is 0 Å². The van der Waals surface area contributed by atoms with Gasteiger partial charge in [-0.05, 0) is 25.0 Å². The summed E-state index contributed by atoms with van der Waals surface area (Å²) in [6.07, 6.45) is 2.78. The quantitative estimate of drug-likeness (QED) is 0.570. The molecular weight excluding hydrogens is 270 g/mol. The molecule has 1 aromatic rings. The van der Waals surface area contributed by atoms with Crippen molar-refractivity contribution in [2.45, 2.75) is 33.1 Å². The molecule has 0 saturated carbocycles. The van der Waals surface area contributed by atoms with Gasteiger partial charge in [-0.3, -0.25) is 9.59 Å². The third kappa shape index (κ3) is 4.67. The van der Waals surface area contributed by atoms with E-state index in [0.29, 0.717) is 23.4 Å². The number of rotatable bonds is 8. The molecule has 0 heterocycles. The van der Waals surface area contributed by atoms with Crippen LogP contribution in [0.5, 0.6) is 0 Å². The van der Waals surface area contributed by atoms with Crippen molar-refractivity contribution in [2.24, 2.45) is 5.92 Å². The summed E-state index contributed by atoms with van der Waals surface area (Å²) in [5, 5.41) is 2.75. The molecule has 1 aromatic carbocycles. The average Bonchev–Trinajstić information content (AvgIpc) is 2.49. The maximum atomic E-state index is 12.3. The Bertz CT molecular complexity index is 442. The van der Waals surface area contributed by atoms with Crippen molar-refractivity contribution in [3.05, 3.63) is 35.4 Å². The summed E-state index contributed by atoms with van der Waals surface area (Å²) in [6.45, 7) is 4.67. The van der Waals surface area contributed by atoms with Crippen LogP contribution in [-0.2, 0) is 0 Å². The molecule has 0 bridgehead atoms. The van der Waals surface area contributed by atoms with E-state index in [2.05, 4.69) is 24.9 Å². The van der Waals surface area contributed by atoms with Gasteiger partial charge in [-0.1, -0.05) is 32.4 Å². The first-order chi connectivity index (χ1) is 9.63. The van der Waals surface area contributed by atoms with Crippen molar-refractivity contribution >= 4 is 24.3 Å². The molecule has 1 atom stereocenters. The molecule has 1 unspecified atom stereocenters. The number of thiol groups is 1. The molecular formula is C16H23NO2S. The van der Waals surface area contributed by atoms with E-state index in [1.807, 2.05) is 6.92 Å². The Balaban J connectivity index is 2.75. The molecule has 1 rings (SSSR count). The molecule has 0 aliphatic heterocycles. The smallest absolute Gasteiger partial charge is 0.251 e. The maximum absolute atomic E-state index is 12.3. The summed E-state index contributed by atoms with van der Waals surface area (Å²) in [4.78, 5) is 24.1. The first-order valence-corrected chi connectivity index (χ1v) is 7.80. The second-order valence-corrected chi connectivity index (χ2v) is 5.26. The Morgan fingerprint density at radius 1 is 1.15 bits per heavy atom. The minimum atomic E-state index is -0.126. The fourth-order valence-electron chi connectivity index (χ4n) is 2.16. The lowest BCUT2D eigenvalue weighted by Gasteiger charge is -2.12. The largest absolute Gasteiger partial charge is 0.351 e. The van der Waals surface area contributed by atoms with Crippen molar-refractivity contribution in [2.75, 3.05) is 12.3 Å². The molecule has 0 fully saturated rings. The monoisotopic (exact) mass is 293 g/mol. The predicted molar refractivity (Wildman–Crippen MR) is 85.6 cm³/mol. The van der Waals surface area contributed by atoms with E-state index < -0.39 is 0 Å². The molecule has 3 nitrogen and oxygen atoms in total. The van der Waals surface area contributed by atoms with Gasteiger partial charge in [-0.2, -0.15) is 12.6 Å². The van der Waals surface area contributed by atoms with Gasteiger partial charge >= 0.3 is 0 Å². The molecule has 0 aliphatic rings. The number of Topliss-reactive ketones (excluding diaryl/α,β-unsaturated/α-hetero) is 1. The lowest BCUT2D eigenvalue weighted by atomic mass is 9.91. The second-order valence-electron chi connectivity index (χ2n) is 4.81. The van der Waals surface area contributed by atoms with Gasteiger partial charge in [0.2, 0.25) is 0 Å². The minimum absolute atomic E-state index is 0.0869. The van der Waals surface area contributed by atoms with E-state index in [1.54, 1.807) is 24.3 Å².